The molecular formula is C9H8ClFO2S. The van der Waals surface area contributed by atoms with Gasteiger partial charge in [0, 0.05) is 0 Å². The maximum atomic E-state index is 12.7. The van der Waals surface area contributed by atoms with Crippen LogP contribution in [0.1, 0.15) is 17.5 Å². The Labute approximate surface area is 86.9 Å². The SMILES string of the molecule is O=S(=O)(F)c1cc2c(cc1Cl)CCC2. The zero-order valence-electron chi connectivity index (χ0n) is 7.26. The van der Waals surface area contributed by atoms with Crippen LogP contribution in [-0.2, 0) is 23.1 Å². The highest BCUT2D eigenvalue weighted by Gasteiger charge is 2.21. The highest BCUT2D eigenvalue weighted by molar-refractivity contribution is 7.86. The Bertz CT molecular complexity index is 482. The second-order valence-corrected chi connectivity index (χ2v) is 5.07. The molecule has 0 amide bonds. The van der Waals surface area contributed by atoms with Gasteiger partial charge in [0.05, 0.1) is 5.02 Å². The summed E-state index contributed by atoms with van der Waals surface area (Å²) in [5, 5.41) is -0.0202. The first-order valence-corrected chi connectivity index (χ1v) is 6.00. The number of hydrogen-bond acceptors (Lipinski definition) is 2. The standard InChI is InChI=1S/C9H8ClFO2S/c10-8-4-6-2-1-3-7(6)5-9(8)14(11,12)13/h4-5H,1-3H2. The van der Waals surface area contributed by atoms with E-state index in [-0.39, 0.29) is 5.02 Å². The Hall–Kier alpha value is -0.610. The van der Waals surface area contributed by atoms with Crippen molar-refractivity contribution in [1.82, 2.24) is 0 Å². The number of benzene rings is 1. The molecule has 0 saturated heterocycles. The van der Waals surface area contributed by atoms with Crippen LogP contribution >= 0.6 is 11.6 Å². The fourth-order valence-electron chi connectivity index (χ4n) is 1.76. The molecule has 0 radical (unpaired) electrons. The third-order valence-corrected chi connectivity index (χ3v) is 3.70. The predicted molar refractivity (Wildman–Crippen MR) is 51.8 cm³/mol. The molecule has 0 spiro atoms. The van der Waals surface area contributed by atoms with Gasteiger partial charge in [-0.25, -0.2) is 0 Å². The van der Waals surface area contributed by atoms with Gasteiger partial charge in [0.2, 0.25) is 0 Å². The lowest BCUT2D eigenvalue weighted by Gasteiger charge is -2.03. The Morgan fingerprint density at radius 1 is 1.21 bits per heavy atom. The molecule has 1 aromatic rings. The minimum atomic E-state index is -4.69. The van der Waals surface area contributed by atoms with Gasteiger partial charge >= 0.3 is 10.2 Å². The van der Waals surface area contributed by atoms with Gasteiger partial charge in [0.25, 0.3) is 0 Å². The van der Waals surface area contributed by atoms with Gasteiger partial charge in [-0.15, -0.1) is 3.89 Å². The van der Waals surface area contributed by atoms with Gasteiger partial charge in [-0.05, 0) is 42.5 Å². The van der Waals surface area contributed by atoms with Crippen LogP contribution in [0.4, 0.5) is 3.89 Å². The molecule has 0 unspecified atom stereocenters. The van der Waals surface area contributed by atoms with Crippen molar-refractivity contribution >= 4 is 21.8 Å². The second-order valence-electron chi connectivity index (χ2n) is 3.34. The number of hydrogen-bond donors (Lipinski definition) is 0. The molecule has 14 heavy (non-hydrogen) atoms. The van der Waals surface area contributed by atoms with E-state index in [0.717, 1.165) is 30.4 Å². The summed E-state index contributed by atoms with van der Waals surface area (Å²) in [4.78, 5) is -0.403. The molecular weight excluding hydrogens is 227 g/mol. The average molecular weight is 235 g/mol. The zero-order chi connectivity index (χ0) is 10.3. The quantitative estimate of drug-likeness (QED) is 0.700. The lowest BCUT2D eigenvalue weighted by atomic mass is 10.1. The molecule has 1 aliphatic rings. The topological polar surface area (TPSA) is 34.1 Å². The van der Waals surface area contributed by atoms with Crippen molar-refractivity contribution in [2.45, 2.75) is 24.2 Å². The van der Waals surface area contributed by atoms with Gasteiger partial charge < -0.3 is 0 Å². The van der Waals surface area contributed by atoms with Crippen molar-refractivity contribution in [1.29, 1.82) is 0 Å². The lowest BCUT2D eigenvalue weighted by Crippen LogP contribution is -1.95. The van der Waals surface area contributed by atoms with E-state index in [4.69, 9.17) is 11.6 Å². The highest BCUT2D eigenvalue weighted by atomic mass is 35.5. The molecule has 76 valence electrons. The molecule has 1 aromatic carbocycles. The number of fused-ring (bicyclic) bond motifs is 1. The van der Waals surface area contributed by atoms with E-state index in [1.54, 1.807) is 6.07 Å². The van der Waals surface area contributed by atoms with Gasteiger partial charge in [-0.1, -0.05) is 11.6 Å². The fraction of sp³-hybridized carbons (Fsp3) is 0.333. The van der Waals surface area contributed by atoms with Crippen LogP contribution < -0.4 is 0 Å². The van der Waals surface area contributed by atoms with Crippen LogP contribution in [0.2, 0.25) is 5.02 Å². The largest absolute Gasteiger partial charge is 0.333 e. The molecule has 2 rings (SSSR count). The summed E-state index contributed by atoms with van der Waals surface area (Å²) in [7, 11) is -4.69. The van der Waals surface area contributed by atoms with Crippen molar-refractivity contribution in [2.75, 3.05) is 0 Å². The number of aryl methyl sites for hydroxylation is 2. The van der Waals surface area contributed by atoms with Gasteiger partial charge in [0.15, 0.2) is 0 Å². The first-order valence-electron chi connectivity index (χ1n) is 4.24. The number of rotatable bonds is 1. The first-order chi connectivity index (χ1) is 6.48. The van der Waals surface area contributed by atoms with Gasteiger partial charge in [0.1, 0.15) is 4.90 Å². The van der Waals surface area contributed by atoms with Gasteiger partial charge in [-0.2, -0.15) is 8.42 Å². The maximum absolute atomic E-state index is 12.7. The molecule has 0 saturated carbocycles. The van der Waals surface area contributed by atoms with E-state index in [1.807, 2.05) is 0 Å². The molecule has 0 aliphatic heterocycles. The summed E-state index contributed by atoms with van der Waals surface area (Å²) >= 11 is 5.67. The fourth-order valence-corrected chi connectivity index (χ4v) is 2.80. The average Bonchev–Trinajstić information content (AvgIpc) is 2.47. The Morgan fingerprint density at radius 2 is 1.79 bits per heavy atom. The molecule has 5 heteroatoms. The molecule has 0 N–H and O–H groups in total. The molecule has 0 bridgehead atoms. The van der Waals surface area contributed by atoms with Crippen molar-refractivity contribution in [3.05, 3.63) is 28.3 Å². The monoisotopic (exact) mass is 234 g/mol. The third-order valence-electron chi connectivity index (χ3n) is 2.41. The summed E-state index contributed by atoms with van der Waals surface area (Å²) in [5.41, 5.74) is 1.92. The second kappa shape index (κ2) is 3.21. The minimum absolute atomic E-state index is 0.0202. The molecule has 1 aliphatic carbocycles. The van der Waals surface area contributed by atoms with Gasteiger partial charge in [-0.3, -0.25) is 0 Å². The zero-order valence-corrected chi connectivity index (χ0v) is 8.83. The van der Waals surface area contributed by atoms with E-state index >= 15 is 0 Å². The molecule has 0 fully saturated rings. The normalized spacial score (nSPS) is 15.6. The minimum Gasteiger partial charge on any atom is -0.189 e. The molecule has 0 atom stereocenters. The molecule has 0 aromatic heterocycles. The Kier molecular flexibility index (Phi) is 2.27. The van der Waals surface area contributed by atoms with Crippen LogP contribution in [0.25, 0.3) is 0 Å². The maximum Gasteiger partial charge on any atom is 0.333 e. The van der Waals surface area contributed by atoms with Crippen LogP contribution in [0, 0.1) is 0 Å². The lowest BCUT2D eigenvalue weighted by molar-refractivity contribution is 0.552. The van der Waals surface area contributed by atoms with Crippen molar-refractivity contribution in [2.24, 2.45) is 0 Å². The van der Waals surface area contributed by atoms with Crippen molar-refractivity contribution < 1.29 is 12.3 Å². The third kappa shape index (κ3) is 1.64. The highest BCUT2D eigenvalue weighted by Crippen LogP contribution is 2.31. The van der Waals surface area contributed by atoms with E-state index in [2.05, 4.69) is 0 Å². The van der Waals surface area contributed by atoms with E-state index < -0.39 is 15.1 Å². The predicted octanol–water partition coefficient (Wildman–Crippen LogP) is 2.49. The van der Waals surface area contributed by atoms with E-state index in [1.165, 1.54) is 6.07 Å². The van der Waals surface area contributed by atoms with Crippen LogP contribution in [-0.4, -0.2) is 8.42 Å². The number of halogens is 2. The summed E-state index contributed by atoms with van der Waals surface area (Å²) in [6.07, 6.45) is 2.66. The van der Waals surface area contributed by atoms with Crippen LogP contribution in [0.3, 0.4) is 0 Å². The summed E-state index contributed by atoms with van der Waals surface area (Å²) < 4.78 is 34.1. The summed E-state index contributed by atoms with van der Waals surface area (Å²) in [6.45, 7) is 0. The molecule has 0 heterocycles. The van der Waals surface area contributed by atoms with Crippen LogP contribution in [0.15, 0.2) is 17.0 Å². The Morgan fingerprint density at radius 3 is 2.36 bits per heavy atom. The van der Waals surface area contributed by atoms with E-state index in [9.17, 15) is 12.3 Å². The van der Waals surface area contributed by atoms with Crippen molar-refractivity contribution in [3.8, 4) is 0 Å². The smallest absolute Gasteiger partial charge is 0.189 e. The summed E-state index contributed by atoms with van der Waals surface area (Å²) in [6, 6.07) is 2.90. The van der Waals surface area contributed by atoms with Crippen molar-refractivity contribution in [3.63, 3.8) is 0 Å². The van der Waals surface area contributed by atoms with Crippen LogP contribution in [0.5, 0.6) is 0 Å². The summed E-state index contributed by atoms with van der Waals surface area (Å²) in [5.74, 6) is 0. The Balaban J connectivity index is 2.65. The van der Waals surface area contributed by atoms with E-state index in [0.29, 0.717) is 0 Å². The first kappa shape index (κ1) is 9.93. The molecule has 2 nitrogen and oxygen atoms in total.